The molecule has 0 bridgehead atoms. The van der Waals surface area contributed by atoms with Crippen molar-refractivity contribution in [2.75, 3.05) is 13.7 Å². The van der Waals surface area contributed by atoms with Crippen molar-refractivity contribution in [1.82, 2.24) is 5.32 Å². The average molecular weight is 205 g/mol. The Morgan fingerprint density at radius 2 is 2.07 bits per heavy atom. The van der Waals surface area contributed by atoms with E-state index in [9.17, 15) is 0 Å². The lowest BCUT2D eigenvalue weighted by Gasteiger charge is -2.12. The second-order valence-electron chi connectivity index (χ2n) is 3.65. The number of nitrogens with one attached hydrogen (secondary N) is 1. The molecule has 1 aromatic carbocycles. The van der Waals surface area contributed by atoms with Gasteiger partial charge >= 0.3 is 0 Å². The fourth-order valence-corrected chi connectivity index (χ4v) is 1.47. The van der Waals surface area contributed by atoms with Gasteiger partial charge in [-0.2, -0.15) is 0 Å². The standard InChI is InChI=1S/C13H19NO/c1-4-9-14-11(2)10-12-5-7-13(15-3)8-6-12/h4-8,11,14H,1,9-10H2,2-3H3. The second-order valence-corrected chi connectivity index (χ2v) is 3.65. The molecule has 0 saturated carbocycles. The maximum Gasteiger partial charge on any atom is 0.118 e. The molecule has 2 heteroatoms. The first-order valence-electron chi connectivity index (χ1n) is 5.23. The Kier molecular flexibility index (Phi) is 4.91. The highest BCUT2D eigenvalue weighted by Crippen LogP contribution is 2.12. The van der Waals surface area contributed by atoms with E-state index in [0.29, 0.717) is 6.04 Å². The number of methoxy groups -OCH3 is 1. The summed E-state index contributed by atoms with van der Waals surface area (Å²) in [4.78, 5) is 0. The van der Waals surface area contributed by atoms with Gasteiger partial charge in [-0.15, -0.1) is 6.58 Å². The third kappa shape index (κ3) is 4.17. The molecule has 0 amide bonds. The van der Waals surface area contributed by atoms with Crippen molar-refractivity contribution in [2.45, 2.75) is 19.4 Å². The summed E-state index contributed by atoms with van der Waals surface area (Å²) in [5.41, 5.74) is 1.32. The molecule has 0 radical (unpaired) electrons. The SMILES string of the molecule is C=CCNC(C)Cc1ccc(OC)cc1. The fourth-order valence-electron chi connectivity index (χ4n) is 1.47. The van der Waals surface area contributed by atoms with Gasteiger partial charge in [0.15, 0.2) is 0 Å². The van der Waals surface area contributed by atoms with Gasteiger partial charge in [-0.3, -0.25) is 0 Å². The number of ether oxygens (including phenoxy) is 1. The summed E-state index contributed by atoms with van der Waals surface area (Å²) in [6.07, 6.45) is 2.91. The molecule has 1 aromatic rings. The Hall–Kier alpha value is -1.28. The Morgan fingerprint density at radius 1 is 1.40 bits per heavy atom. The van der Waals surface area contributed by atoms with E-state index < -0.39 is 0 Å². The zero-order chi connectivity index (χ0) is 11.1. The highest BCUT2D eigenvalue weighted by atomic mass is 16.5. The van der Waals surface area contributed by atoms with Crippen LogP contribution in [0.4, 0.5) is 0 Å². The van der Waals surface area contributed by atoms with E-state index in [1.54, 1.807) is 7.11 Å². The van der Waals surface area contributed by atoms with Gasteiger partial charge < -0.3 is 10.1 Å². The summed E-state index contributed by atoms with van der Waals surface area (Å²) in [5.74, 6) is 0.908. The van der Waals surface area contributed by atoms with Gasteiger partial charge in [-0.25, -0.2) is 0 Å². The Bertz CT molecular complexity index is 292. The maximum atomic E-state index is 5.11. The van der Waals surface area contributed by atoms with Crippen LogP contribution >= 0.6 is 0 Å². The lowest BCUT2D eigenvalue weighted by Crippen LogP contribution is -2.27. The van der Waals surface area contributed by atoms with Crippen LogP contribution in [-0.4, -0.2) is 19.7 Å². The molecule has 0 aliphatic heterocycles. The van der Waals surface area contributed by atoms with E-state index in [0.717, 1.165) is 18.7 Å². The minimum atomic E-state index is 0.469. The van der Waals surface area contributed by atoms with Crippen LogP contribution < -0.4 is 10.1 Å². The van der Waals surface area contributed by atoms with Crippen LogP contribution in [-0.2, 0) is 6.42 Å². The molecule has 82 valence electrons. The van der Waals surface area contributed by atoms with Gasteiger partial charge in [0.2, 0.25) is 0 Å². The van der Waals surface area contributed by atoms with Gasteiger partial charge in [0.05, 0.1) is 7.11 Å². The van der Waals surface area contributed by atoms with Gasteiger partial charge in [-0.05, 0) is 31.0 Å². The highest BCUT2D eigenvalue weighted by Gasteiger charge is 2.01. The molecular formula is C13H19NO. The molecule has 2 nitrogen and oxygen atoms in total. The maximum absolute atomic E-state index is 5.11. The first-order chi connectivity index (χ1) is 7.26. The summed E-state index contributed by atoms with van der Waals surface area (Å²) in [7, 11) is 1.68. The van der Waals surface area contributed by atoms with E-state index >= 15 is 0 Å². The predicted molar refractivity (Wildman–Crippen MR) is 64.4 cm³/mol. The summed E-state index contributed by atoms with van der Waals surface area (Å²) < 4.78 is 5.11. The van der Waals surface area contributed by atoms with Crippen molar-refractivity contribution in [3.63, 3.8) is 0 Å². The van der Waals surface area contributed by atoms with Crippen LogP contribution in [0.25, 0.3) is 0 Å². The topological polar surface area (TPSA) is 21.3 Å². The molecule has 0 saturated heterocycles. The van der Waals surface area contributed by atoms with Gasteiger partial charge in [-0.1, -0.05) is 18.2 Å². The quantitative estimate of drug-likeness (QED) is 0.720. The largest absolute Gasteiger partial charge is 0.497 e. The summed E-state index contributed by atoms with van der Waals surface area (Å²) in [6.45, 7) is 6.72. The molecule has 1 unspecified atom stereocenters. The summed E-state index contributed by atoms with van der Waals surface area (Å²) in [6, 6.07) is 8.66. The Balaban J connectivity index is 2.45. The van der Waals surface area contributed by atoms with E-state index in [4.69, 9.17) is 4.74 Å². The fraction of sp³-hybridized carbons (Fsp3) is 0.385. The number of benzene rings is 1. The molecular weight excluding hydrogens is 186 g/mol. The minimum absolute atomic E-state index is 0.469. The third-order valence-corrected chi connectivity index (χ3v) is 2.31. The minimum Gasteiger partial charge on any atom is -0.497 e. The van der Waals surface area contributed by atoms with Crippen LogP contribution in [0.15, 0.2) is 36.9 Å². The van der Waals surface area contributed by atoms with E-state index in [1.807, 2.05) is 18.2 Å². The zero-order valence-electron chi connectivity index (χ0n) is 9.49. The Labute approximate surface area is 92.0 Å². The van der Waals surface area contributed by atoms with Crippen LogP contribution in [0.2, 0.25) is 0 Å². The van der Waals surface area contributed by atoms with Crippen LogP contribution in [0.5, 0.6) is 5.75 Å². The van der Waals surface area contributed by atoms with Crippen LogP contribution in [0.1, 0.15) is 12.5 Å². The van der Waals surface area contributed by atoms with Crippen molar-refractivity contribution in [2.24, 2.45) is 0 Å². The van der Waals surface area contributed by atoms with Crippen molar-refractivity contribution in [3.8, 4) is 5.75 Å². The average Bonchev–Trinajstić information content (AvgIpc) is 2.27. The van der Waals surface area contributed by atoms with E-state index in [-0.39, 0.29) is 0 Å². The van der Waals surface area contributed by atoms with Crippen molar-refractivity contribution in [1.29, 1.82) is 0 Å². The molecule has 1 atom stereocenters. The molecule has 15 heavy (non-hydrogen) atoms. The smallest absolute Gasteiger partial charge is 0.118 e. The summed E-state index contributed by atoms with van der Waals surface area (Å²) in [5, 5.41) is 3.36. The molecule has 0 aliphatic carbocycles. The third-order valence-electron chi connectivity index (χ3n) is 2.31. The predicted octanol–water partition coefficient (Wildman–Crippen LogP) is 2.40. The molecule has 0 aliphatic rings. The molecule has 0 aromatic heterocycles. The molecule has 1 rings (SSSR count). The lowest BCUT2D eigenvalue weighted by molar-refractivity contribution is 0.414. The van der Waals surface area contributed by atoms with Gasteiger partial charge in [0, 0.05) is 12.6 Å². The Morgan fingerprint density at radius 3 is 2.60 bits per heavy atom. The highest BCUT2D eigenvalue weighted by molar-refractivity contribution is 5.27. The van der Waals surface area contributed by atoms with Crippen LogP contribution in [0.3, 0.4) is 0 Å². The lowest BCUT2D eigenvalue weighted by atomic mass is 10.1. The zero-order valence-corrected chi connectivity index (χ0v) is 9.49. The van der Waals surface area contributed by atoms with Gasteiger partial charge in [0.1, 0.15) is 5.75 Å². The van der Waals surface area contributed by atoms with Crippen molar-refractivity contribution < 1.29 is 4.74 Å². The second kappa shape index (κ2) is 6.25. The molecule has 0 fully saturated rings. The van der Waals surface area contributed by atoms with E-state index in [1.165, 1.54) is 5.56 Å². The van der Waals surface area contributed by atoms with Gasteiger partial charge in [0.25, 0.3) is 0 Å². The monoisotopic (exact) mass is 205 g/mol. The summed E-state index contributed by atoms with van der Waals surface area (Å²) >= 11 is 0. The molecule has 0 heterocycles. The van der Waals surface area contributed by atoms with Crippen molar-refractivity contribution in [3.05, 3.63) is 42.5 Å². The molecule has 0 spiro atoms. The number of hydrogen-bond donors (Lipinski definition) is 1. The first-order valence-corrected chi connectivity index (χ1v) is 5.23. The first kappa shape index (κ1) is 11.8. The number of rotatable bonds is 6. The number of hydrogen-bond acceptors (Lipinski definition) is 2. The van der Waals surface area contributed by atoms with E-state index in [2.05, 4.69) is 31.0 Å². The van der Waals surface area contributed by atoms with Crippen LogP contribution in [0, 0.1) is 0 Å². The molecule has 1 N–H and O–H groups in total. The normalized spacial score (nSPS) is 12.1. The van der Waals surface area contributed by atoms with Crippen molar-refractivity contribution >= 4 is 0 Å².